The molecular formula is C25H20N2O5. The molecule has 7 nitrogen and oxygen atoms in total. The van der Waals surface area contributed by atoms with E-state index in [1.165, 1.54) is 33.0 Å². The fourth-order valence-corrected chi connectivity index (χ4v) is 4.70. The molecule has 1 saturated heterocycles. The number of nitrogens with one attached hydrogen (secondary N) is 1. The summed E-state index contributed by atoms with van der Waals surface area (Å²) in [5.74, 6) is 0.719. The number of hydrogen-bond donors (Lipinski definition) is 2. The quantitative estimate of drug-likeness (QED) is 0.429. The van der Waals surface area contributed by atoms with E-state index in [9.17, 15) is 14.7 Å². The predicted molar refractivity (Wildman–Crippen MR) is 121 cm³/mol. The largest absolute Gasteiger partial charge is 0.490 e. The lowest BCUT2D eigenvalue weighted by Gasteiger charge is -2.18. The van der Waals surface area contributed by atoms with Crippen LogP contribution in [0, 0.1) is 0 Å². The van der Waals surface area contributed by atoms with Crippen LogP contribution in [0.2, 0.25) is 0 Å². The van der Waals surface area contributed by atoms with Crippen molar-refractivity contribution in [3.05, 3.63) is 87.7 Å². The van der Waals surface area contributed by atoms with Crippen molar-refractivity contribution in [1.82, 2.24) is 9.55 Å². The van der Waals surface area contributed by atoms with Crippen molar-refractivity contribution in [2.45, 2.75) is 24.9 Å². The van der Waals surface area contributed by atoms with Crippen LogP contribution in [0.3, 0.4) is 0 Å². The third kappa shape index (κ3) is 2.97. The Morgan fingerprint density at radius 1 is 0.969 bits per heavy atom. The number of aromatic nitrogens is 2. The van der Waals surface area contributed by atoms with Gasteiger partial charge < -0.3 is 14.6 Å². The summed E-state index contributed by atoms with van der Waals surface area (Å²) in [6.45, 7) is 0.139. The lowest BCUT2D eigenvalue weighted by Crippen LogP contribution is -2.32. The van der Waals surface area contributed by atoms with Crippen LogP contribution in [-0.4, -0.2) is 33.5 Å². The van der Waals surface area contributed by atoms with Crippen molar-refractivity contribution < 1.29 is 14.6 Å². The van der Waals surface area contributed by atoms with E-state index in [1.807, 2.05) is 12.1 Å². The second-order valence-electron chi connectivity index (χ2n) is 8.18. The minimum absolute atomic E-state index is 0.139. The van der Waals surface area contributed by atoms with Gasteiger partial charge >= 0.3 is 5.69 Å². The van der Waals surface area contributed by atoms with Gasteiger partial charge in [-0.1, -0.05) is 42.5 Å². The Kier molecular flexibility index (Phi) is 4.28. The normalized spacial score (nSPS) is 21.1. The fraction of sp³-hybridized carbons (Fsp3) is 0.200. The molecule has 2 heterocycles. The van der Waals surface area contributed by atoms with Crippen molar-refractivity contribution in [1.29, 1.82) is 0 Å². The molecule has 0 bridgehead atoms. The first kappa shape index (κ1) is 19.0. The van der Waals surface area contributed by atoms with Crippen LogP contribution in [0.1, 0.15) is 12.6 Å². The third-order valence-electron chi connectivity index (χ3n) is 6.26. The van der Waals surface area contributed by atoms with Gasteiger partial charge in [0.2, 0.25) is 0 Å². The lowest BCUT2D eigenvalue weighted by molar-refractivity contribution is -0.0407. The van der Waals surface area contributed by atoms with Gasteiger partial charge in [-0.2, -0.15) is 0 Å². The van der Waals surface area contributed by atoms with Gasteiger partial charge in [0.25, 0.3) is 5.56 Å². The second kappa shape index (κ2) is 7.19. The van der Waals surface area contributed by atoms with Crippen molar-refractivity contribution in [3.8, 4) is 5.75 Å². The molecule has 1 aliphatic rings. The van der Waals surface area contributed by atoms with Gasteiger partial charge in [-0.15, -0.1) is 0 Å². The van der Waals surface area contributed by atoms with Gasteiger partial charge in [0, 0.05) is 29.5 Å². The highest BCUT2D eigenvalue weighted by Crippen LogP contribution is 2.39. The van der Waals surface area contributed by atoms with Gasteiger partial charge in [-0.05, 0) is 33.7 Å². The number of aromatic amines is 1. The van der Waals surface area contributed by atoms with Gasteiger partial charge in [-0.3, -0.25) is 14.3 Å². The van der Waals surface area contributed by atoms with Crippen molar-refractivity contribution in [3.63, 3.8) is 0 Å². The van der Waals surface area contributed by atoms with Crippen molar-refractivity contribution in [2.75, 3.05) is 6.61 Å². The maximum atomic E-state index is 12.0. The number of H-pyrrole nitrogens is 1. The van der Waals surface area contributed by atoms with E-state index in [-0.39, 0.29) is 13.0 Å². The molecule has 5 aromatic rings. The van der Waals surface area contributed by atoms with Crippen molar-refractivity contribution in [2.24, 2.45) is 0 Å². The minimum atomic E-state index is -0.793. The van der Waals surface area contributed by atoms with Crippen LogP contribution in [0.5, 0.6) is 5.75 Å². The summed E-state index contributed by atoms with van der Waals surface area (Å²) in [5, 5.41) is 17.4. The summed E-state index contributed by atoms with van der Waals surface area (Å²) >= 11 is 0. The Bertz CT molecular complexity index is 1550. The average Bonchev–Trinajstić information content (AvgIpc) is 3.16. The zero-order valence-corrected chi connectivity index (χ0v) is 17.0. The highest BCUT2D eigenvalue weighted by molar-refractivity contribution is 6.24. The molecule has 2 N–H and O–H groups in total. The molecule has 0 unspecified atom stereocenters. The molecule has 0 amide bonds. The molecule has 0 saturated carbocycles. The smallest absolute Gasteiger partial charge is 0.330 e. The summed E-state index contributed by atoms with van der Waals surface area (Å²) in [4.78, 5) is 25.6. The van der Waals surface area contributed by atoms with Gasteiger partial charge in [-0.25, -0.2) is 4.79 Å². The highest BCUT2D eigenvalue weighted by atomic mass is 16.6. The van der Waals surface area contributed by atoms with Crippen molar-refractivity contribution >= 4 is 32.3 Å². The fourth-order valence-electron chi connectivity index (χ4n) is 4.70. The first-order chi connectivity index (χ1) is 15.6. The zero-order valence-electron chi connectivity index (χ0n) is 17.0. The Labute approximate surface area is 181 Å². The number of hydrogen-bond acceptors (Lipinski definition) is 5. The molecule has 0 radical (unpaired) electrons. The molecule has 1 aromatic heterocycles. The highest BCUT2D eigenvalue weighted by Gasteiger charge is 2.36. The number of aliphatic hydroxyl groups excluding tert-OH is 1. The van der Waals surface area contributed by atoms with Gasteiger partial charge in [0.05, 0.1) is 6.10 Å². The van der Waals surface area contributed by atoms with E-state index in [1.54, 1.807) is 0 Å². The lowest BCUT2D eigenvalue weighted by atomic mass is 9.94. The Morgan fingerprint density at radius 2 is 1.69 bits per heavy atom. The summed E-state index contributed by atoms with van der Waals surface area (Å²) in [7, 11) is 0. The molecule has 6 rings (SSSR count). The number of rotatable bonds is 4. The standard InChI is InChI=1S/C25H20N2O5/c28-18-12-22(27-11-10-21(29)26-25(27)30)32-20(18)13-31-19-9-7-16-5-4-14-2-1-3-15-6-8-17(19)24(16)23(14)15/h1-11,18,20,22,28H,12-13H2,(H,26,29,30)/t18-,20+,22+/m0/s1. The number of ether oxygens (including phenoxy) is 2. The molecule has 160 valence electrons. The molecule has 1 fully saturated rings. The molecule has 0 spiro atoms. The van der Waals surface area contributed by atoms with E-state index in [4.69, 9.17) is 9.47 Å². The van der Waals surface area contributed by atoms with E-state index < -0.39 is 29.7 Å². The predicted octanol–water partition coefficient (Wildman–Crippen LogP) is 3.16. The Morgan fingerprint density at radius 3 is 2.47 bits per heavy atom. The maximum absolute atomic E-state index is 12.0. The SMILES string of the molecule is O=c1ccn([C@H]2C[C@H](O)[C@@H](COc3ccc4ccc5cccc6ccc3c4c56)O2)c(=O)[nH]1. The summed E-state index contributed by atoms with van der Waals surface area (Å²) in [6.07, 6.45) is -0.443. The maximum Gasteiger partial charge on any atom is 0.330 e. The molecule has 4 aromatic carbocycles. The van der Waals surface area contributed by atoms with Gasteiger partial charge in [0.1, 0.15) is 24.7 Å². The monoisotopic (exact) mass is 428 g/mol. The second-order valence-corrected chi connectivity index (χ2v) is 8.18. The van der Waals surface area contributed by atoms with Crippen LogP contribution < -0.4 is 16.0 Å². The third-order valence-corrected chi connectivity index (χ3v) is 6.26. The number of benzene rings is 4. The topological polar surface area (TPSA) is 93.6 Å². The Balaban J connectivity index is 1.29. The minimum Gasteiger partial charge on any atom is -0.490 e. The van der Waals surface area contributed by atoms with Crippen LogP contribution in [0.15, 0.2) is 76.4 Å². The molecular weight excluding hydrogens is 408 g/mol. The van der Waals surface area contributed by atoms with Crippen LogP contribution in [0.4, 0.5) is 0 Å². The first-order valence-electron chi connectivity index (χ1n) is 10.5. The summed E-state index contributed by atoms with van der Waals surface area (Å²) in [6, 6.07) is 19.9. The molecule has 1 aliphatic heterocycles. The molecule has 3 atom stereocenters. The van der Waals surface area contributed by atoms with E-state index in [2.05, 4.69) is 47.4 Å². The van der Waals surface area contributed by atoms with E-state index >= 15 is 0 Å². The average molecular weight is 428 g/mol. The molecule has 0 aliphatic carbocycles. The van der Waals surface area contributed by atoms with E-state index in [0.717, 1.165) is 21.9 Å². The molecule has 7 heteroatoms. The van der Waals surface area contributed by atoms with Crippen LogP contribution in [0.25, 0.3) is 32.3 Å². The number of aliphatic hydroxyl groups is 1. The zero-order chi connectivity index (χ0) is 21.8. The Hall–Kier alpha value is -3.68. The molecule has 32 heavy (non-hydrogen) atoms. The number of nitrogens with zero attached hydrogens (tertiary/aromatic N) is 1. The van der Waals surface area contributed by atoms with Crippen LogP contribution in [-0.2, 0) is 4.74 Å². The van der Waals surface area contributed by atoms with Gasteiger partial charge in [0.15, 0.2) is 0 Å². The van der Waals surface area contributed by atoms with E-state index in [0.29, 0.717) is 0 Å². The first-order valence-corrected chi connectivity index (χ1v) is 10.5. The summed E-state index contributed by atoms with van der Waals surface area (Å²) in [5.41, 5.74) is -1.04. The summed E-state index contributed by atoms with van der Waals surface area (Å²) < 4.78 is 13.3. The van der Waals surface area contributed by atoms with Crippen LogP contribution >= 0.6 is 0 Å².